The van der Waals surface area contributed by atoms with Crippen LogP contribution >= 0.6 is 0 Å². The van der Waals surface area contributed by atoms with E-state index >= 15 is 0 Å². The molecule has 0 spiro atoms. The van der Waals surface area contributed by atoms with E-state index in [0.29, 0.717) is 17.8 Å². The monoisotopic (exact) mass is 132 g/mol. The van der Waals surface area contributed by atoms with Crippen LogP contribution in [0.4, 0.5) is 5.82 Å². The molecule has 0 aliphatic heterocycles. The van der Waals surface area contributed by atoms with Crippen molar-refractivity contribution in [2.45, 2.75) is 0 Å². The molecular weight excluding hydrogens is 127 g/mol. The molecule has 1 heterocycles. The van der Waals surface area contributed by atoms with Crippen LogP contribution in [0.2, 0.25) is 0 Å². The third-order valence-electron chi connectivity index (χ3n) is 0.977. The van der Waals surface area contributed by atoms with Crippen LogP contribution in [0.3, 0.4) is 0 Å². The van der Waals surface area contributed by atoms with E-state index in [2.05, 4.69) is 10.3 Å². The molecule has 10 heavy (non-hydrogen) atoms. The van der Waals surface area contributed by atoms with Crippen LogP contribution in [0.1, 0.15) is 0 Å². The number of carbonyl (C=O) groups excluding carboxylic acids is 1. The number of pyridine rings is 1. The molecule has 0 saturated carbocycles. The van der Waals surface area contributed by atoms with Gasteiger partial charge in [-0.15, -0.1) is 0 Å². The van der Waals surface area contributed by atoms with E-state index < -0.39 is 0 Å². The fraction of sp³-hybridized carbons (Fsp3) is 0. The molecule has 0 unspecified atom stereocenters. The molecule has 48 valence electrons. The minimum Gasteiger partial charge on any atom is -0.313 e. The van der Waals surface area contributed by atoms with Crippen LogP contribution in [0.5, 0.6) is 0 Å². The Hall–Kier alpha value is -1.32. The first kappa shape index (κ1) is 6.80. The van der Waals surface area contributed by atoms with Crippen molar-refractivity contribution in [2.24, 2.45) is 0 Å². The van der Waals surface area contributed by atoms with Crippen molar-refractivity contribution >= 4 is 25.7 Å². The van der Waals surface area contributed by atoms with Gasteiger partial charge in [0.25, 0.3) is 0 Å². The van der Waals surface area contributed by atoms with Crippen LogP contribution in [0, 0.1) is 0 Å². The van der Waals surface area contributed by atoms with Gasteiger partial charge >= 0.3 is 0 Å². The first-order valence-corrected chi connectivity index (χ1v) is 2.75. The summed E-state index contributed by atoms with van der Waals surface area (Å²) in [6.07, 6.45) is 0.557. The lowest BCUT2D eigenvalue weighted by Gasteiger charge is -1.96. The molecule has 0 atom stereocenters. The Balaban J connectivity index is 2.84. The Morgan fingerprint density at radius 2 is 2.40 bits per heavy atom. The Bertz CT molecular complexity index is 239. The van der Waals surface area contributed by atoms with Crippen LogP contribution in [-0.4, -0.2) is 19.2 Å². The Labute approximate surface area is 59.9 Å². The number of hydrogen-bond acceptors (Lipinski definition) is 2. The molecule has 1 N–H and O–H groups in total. The summed E-state index contributed by atoms with van der Waals surface area (Å²) in [6, 6.07) is 5.02. The van der Waals surface area contributed by atoms with E-state index in [4.69, 9.17) is 7.85 Å². The van der Waals surface area contributed by atoms with Crippen molar-refractivity contribution in [1.29, 1.82) is 0 Å². The van der Waals surface area contributed by atoms with Gasteiger partial charge in [-0.3, -0.25) is 4.79 Å². The Morgan fingerprint density at radius 3 is 3.00 bits per heavy atom. The largest absolute Gasteiger partial charge is 0.313 e. The summed E-state index contributed by atoms with van der Waals surface area (Å²) >= 11 is 0. The molecule has 1 aromatic heterocycles. The molecule has 0 saturated heterocycles. The van der Waals surface area contributed by atoms with E-state index in [9.17, 15) is 4.79 Å². The third kappa shape index (κ3) is 1.58. The topological polar surface area (TPSA) is 42.0 Å². The summed E-state index contributed by atoms with van der Waals surface area (Å²) in [5.41, 5.74) is 0.395. The highest BCUT2D eigenvalue weighted by Gasteiger charge is 1.88. The Kier molecular flexibility index (Phi) is 2.05. The number of hydrogen-bond donors (Lipinski definition) is 1. The maximum Gasteiger partial charge on any atom is 0.212 e. The highest BCUT2D eigenvalue weighted by molar-refractivity contribution is 6.30. The fourth-order valence-electron chi connectivity index (χ4n) is 0.592. The van der Waals surface area contributed by atoms with Crippen LogP contribution in [0.25, 0.3) is 0 Å². The van der Waals surface area contributed by atoms with E-state index in [1.807, 2.05) is 0 Å². The van der Waals surface area contributed by atoms with Crippen molar-refractivity contribution in [3.8, 4) is 0 Å². The summed E-state index contributed by atoms with van der Waals surface area (Å²) in [5, 5.41) is 2.38. The number of anilines is 1. The third-order valence-corrected chi connectivity index (χ3v) is 0.977. The van der Waals surface area contributed by atoms with Crippen LogP contribution < -0.4 is 10.9 Å². The second-order valence-electron chi connectivity index (χ2n) is 1.71. The molecule has 1 amide bonds. The Morgan fingerprint density at radius 1 is 1.60 bits per heavy atom. The molecule has 0 aromatic carbocycles. The summed E-state index contributed by atoms with van der Waals surface area (Å²) in [5.74, 6) is 0.468. The first-order valence-electron chi connectivity index (χ1n) is 2.75. The molecular formula is C6H5BN2O. The van der Waals surface area contributed by atoms with E-state index in [0.717, 1.165) is 0 Å². The van der Waals surface area contributed by atoms with Crippen molar-refractivity contribution in [2.75, 3.05) is 5.32 Å². The molecule has 4 heteroatoms. The minimum absolute atomic E-state index is 0.395. The smallest absolute Gasteiger partial charge is 0.212 e. The lowest BCUT2D eigenvalue weighted by atomic mass is 10.0. The highest BCUT2D eigenvalue weighted by atomic mass is 16.1. The number of nitrogens with zero attached hydrogens (tertiary/aromatic N) is 1. The fourth-order valence-corrected chi connectivity index (χ4v) is 0.592. The lowest BCUT2D eigenvalue weighted by Crippen LogP contribution is -2.09. The summed E-state index contributed by atoms with van der Waals surface area (Å²) in [7, 11) is 5.32. The molecule has 1 aromatic rings. The normalized spacial score (nSPS) is 8.80. The van der Waals surface area contributed by atoms with Crippen molar-refractivity contribution in [3.05, 3.63) is 18.2 Å². The van der Waals surface area contributed by atoms with Crippen molar-refractivity contribution < 1.29 is 4.79 Å². The van der Waals surface area contributed by atoms with E-state index in [1.165, 1.54) is 0 Å². The van der Waals surface area contributed by atoms with E-state index in [1.54, 1.807) is 18.2 Å². The molecule has 1 rings (SSSR count). The zero-order chi connectivity index (χ0) is 7.40. The predicted octanol–water partition coefficient (Wildman–Crippen LogP) is -0.556. The zero-order valence-electron chi connectivity index (χ0n) is 5.24. The average Bonchev–Trinajstić information content (AvgIpc) is 1.88. The molecule has 2 radical (unpaired) electrons. The number of rotatable bonds is 2. The standard InChI is InChI=1S/C6H5BN2O/c7-5-2-1-3-6(9-5)8-4-10/h1-4H,(H,8,9,10). The quantitative estimate of drug-likeness (QED) is 0.433. The van der Waals surface area contributed by atoms with Crippen molar-refractivity contribution in [1.82, 2.24) is 4.98 Å². The van der Waals surface area contributed by atoms with E-state index in [-0.39, 0.29) is 0 Å². The number of carbonyl (C=O) groups is 1. The van der Waals surface area contributed by atoms with Gasteiger partial charge in [0.05, 0.1) is 0 Å². The zero-order valence-corrected chi connectivity index (χ0v) is 5.24. The SMILES string of the molecule is [B]c1cccc(NC=O)n1. The summed E-state index contributed by atoms with van der Waals surface area (Å²) in [4.78, 5) is 13.7. The van der Waals surface area contributed by atoms with Gasteiger partial charge in [0.2, 0.25) is 6.41 Å². The minimum atomic E-state index is 0.395. The van der Waals surface area contributed by atoms with Gasteiger partial charge in [0.15, 0.2) is 0 Å². The van der Waals surface area contributed by atoms with Gasteiger partial charge < -0.3 is 5.32 Å². The summed E-state index contributed by atoms with van der Waals surface area (Å²) < 4.78 is 0. The van der Waals surface area contributed by atoms with Gasteiger partial charge in [0, 0.05) is 0 Å². The summed E-state index contributed by atoms with van der Waals surface area (Å²) in [6.45, 7) is 0. The maximum atomic E-state index is 9.89. The molecule has 0 bridgehead atoms. The number of amides is 1. The predicted molar refractivity (Wildman–Crippen MR) is 39.3 cm³/mol. The molecule has 0 aliphatic carbocycles. The van der Waals surface area contributed by atoms with Crippen LogP contribution in [0.15, 0.2) is 18.2 Å². The maximum absolute atomic E-state index is 9.89. The first-order chi connectivity index (χ1) is 4.83. The van der Waals surface area contributed by atoms with Gasteiger partial charge in [0.1, 0.15) is 13.7 Å². The van der Waals surface area contributed by atoms with Crippen LogP contribution in [-0.2, 0) is 4.79 Å². The molecule has 3 nitrogen and oxygen atoms in total. The molecule has 0 fully saturated rings. The average molecular weight is 132 g/mol. The van der Waals surface area contributed by atoms with Gasteiger partial charge in [-0.2, -0.15) is 0 Å². The van der Waals surface area contributed by atoms with Gasteiger partial charge in [-0.05, 0) is 11.7 Å². The van der Waals surface area contributed by atoms with Gasteiger partial charge in [-0.1, -0.05) is 12.1 Å². The second kappa shape index (κ2) is 3.01. The number of aromatic nitrogens is 1. The van der Waals surface area contributed by atoms with Gasteiger partial charge in [-0.25, -0.2) is 4.98 Å². The second-order valence-corrected chi connectivity index (χ2v) is 1.71. The van der Waals surface area contributed by atoms with Crippen molar-refractivity contribution in [3.63, 3.8) is 0 Å². The lowest BCUT2D eigenvalue weighted by molar-refractivity contribution is -0.105. The number of nitrogens with one attached hydrogen (secondary N) is 1. The molecule has 0 aliphatic rings. The highest BCUT2D eigenvalue weighted by Crippen LogP contribution is 1.94.